The normalized spacial score (nSPS) is 17.1. The van der Waals surface area contributed by atoms with Crippen molar-refractivity contribution < 1.29 is 56.4 Å². The lowest BCUT2D eigenvalue weighted by Gasteiger charge is -2.18. The van der Waals surface area contributed by atoms with Crippen molar-refractivity contribution in [3.05, 3.63) is 42.5 Å². The van der Waals surface area contributed by atoms with Crippen LogP contribution in [0.1, 0.15) is 27.7 Å². The molecule has 0 fully saturated rings. The maximum atomic E-state index is 12.6. The lowest BCUT2D eigenvalue weighted by Crippen LogP contribution is -2.16. The van der Waals surface area contributed by atoms with Gasteiger partial charge in [0.25, 0.3) is 0 Å². The van der Waals surface area contributed by atoms with Gasteiger partial charge in [0.15, 0.2) is 23.0 Å². The molecule has 0 spiro atoms. The highest BCUT2D eigenvalue weighted by Crippen LogP contribution is 2.44. The maximum Gasteiger partial charge on any atom is 0.694 e. The lowest BCUT2D eigenvalue weighted by molar-refractivity contribution is 0.0640. The number of para-hydroxylation sites is 2. The molecular weight excluding hydrogens is 566 g/mol. The van der Waals surface area contributed by atoms with Gasteiger partial charge in [-0.3, -0.25) is 4.57 Å². The topological polar surface area (TPSA) is 148 Å². The van der Waals surface area contributed by atoms with E-state index in [2.05, 4.69) is 4.52 Å². The number of hydrogen-bond donors (Lipinski definition) is 2. The molecule has 2 aromatic rings. The Kier molecular flexibility index (Phi) is 15.5. The van der Waals surface area contributed by atoms with Crippen molar-refractivity contribution in [2.45, 2.75) is 39.9 Å². The summed E-state index contributed by atoms with van der Waals surface area (Å²) in [6.07, 6.45) is -0.565. The van der Waals surface area contributed by atoms with Crippen molar-refractivity contribution in [3.8, 4) is 23.0 Å². The van der Waals surface area contributed by atoms with Crippen LogP contribution in [0.3, 0.4) is 0 Å². The quantitative estimate of drug-likeness (QED) is 0.470. The molecule has 1 aliphatic heterocycles. The summed E-state index contributed by atoms with van der Waals surface area (Å²) in [6.45, 7) is 9.36. The summed E-state index contributed by atoms with van der Waals surface area (Å²) >= 11 is 0. The number of hydrogen-bond acceptors (Lipinski definition) is 10. The Labute approximate surface area is 235 Å². The van der Waals surface area contributed by atoms with E-state index in [9.17, 15) is 14.0 Å². The molecule has 0 saturated heterocycles. The first kappa shape index (κ1) is 33.9. The third-order valence-electron chi connectivity index (χ3n) is 4.70. The zero-order valence-corrected chi connectivity index (χ0v) is 25.0. The molecule has 14 heteroatoms. The molecule has 0 aliphatic carbocycles. The van der Waals surface area contributed by atoms with Crippen LogP contribution in [0.5, 0.6) is 23.0 Å². The zero-order valence-electron chi connectivity index (χ0n) is 23.2. The summed E-state index contributed by atoms with van der Waals surface area (Å²) < 4.78 is 66.0. The van der Waals surface area contributed by atoms with Crippen LogP contribution in [-0.4, -0.2) is 74.8 Å². The van der Waals surface area contributed by atoms with E-state index in [1.165, 1.54) is 12.1 Å². The van der Waals surface area contributed by atoms with Gasteiger partial charge < -0.3 is 37.8 Å². The molecule has 2 atom stereocenters. The van der Waals surface area contributed by atoms with Crippen molar-refractivity contribution >= 4 is 21.2 Å². The molecule has 2 N–H and O–H groups in total. The summed E-state index contributed by atoms with van der Waals surface area (Å²) in [4.78, 5) is 18.3. The van der Waals surface area contributed by atoms with Crippen LogP contribution in [-0.2, 0) is 27.7 Å². The highest BCUT2D eigenvalue weighted by molar-refractivity contribution is 7.61. The van der Waals surface area contributed by atoms with Gasteiger partial charge in [-0.1, -0.05) is 12.1 Å². The van der Waals surface area contributed by atoms with Crippen LogP contribution < -0.4 is 24.3 Å². The van der Waals surface area contributed by atoms with Crippen LogP contribution in [0.2, 0.25) is 0 Å². The van der Waals surface area contributed by atoms with E-state index >= 15 is 0 Å². The van der Waals surface area contributed by atoms with Crippen LogP contribution in [0.25, 0.3) is 0 Å². The smallest absolute Gasteiger partial charge is 0.487 e. The minimum atomic E-state index is -3.99. The molecule has 0 radical (unpaired) electrons. The van der Waals surface area contributed by atoms with Gasteiger partial charge in [-0.05, 0) is 58.0 Å². The highest BCUT2D eigenvalue weighted by Gasteiger charge is 2.26. The first-order valence-corrected chi connectivity index (χ1v) is 15.5. The van der Waals surface area contributed by atoms with Gasteiger partial charge in [0, 0.05) is 4.57 Å². The van der Waals surface area contributed by atoms with E-state index in [1.54, 1.807) is 33.8 Å². The predicted molar refractivity (Wildman–Crippen MR) is 148 cm³/mol. The summed E-state index contributed by atoms with van der Waals surface area (Å²) in [7, 11) is -6.38. The molecule has 1 heterocycles. The summed E-state index contributed by atoms with van der Waals surface area (Å²) in [6, 6.07) is 12.0. The Morgan fingerprint density at radius 2 is 1.18 bits per heavy atom. The van der Waals surface area contributed by atoms with Crippen molar-refractivity contribution in [2.24, 2.45) is 0 Å². The number of rotatable bonds is 5. The first-order chi connectivity index (χ1) is 19.1. The molecule has 0 amide bonds. The van der Waals surface area contributed by atoms with Crippen molar-refractivity contribution in [1.82, 2.24) is 0 Å². The van der Waals surface area contributed by atoms with Crippen molar-refractivity contribution in [1.29, 1.82) is 0 Å². The van der Waals surface area contributed by atoms with E-state index < -0.39 is 22.0 Å². The second kappa shape index (κ2) is 18.2. The predicted octanol–water partition coefficient (Wildman–Crippen LogP) is 4.25. The largest absolute Gasteiger partial charge is 0.694 e. The van der Waals surface area contributed by atoms with Crippen LogP contribution >= 0.6 is 15.9 Å². The first-order valence-electron chi connectivity index (χ1n) is 12.8. The Hall–Kier alpha value is -2.27. The standard InChI is InChI=1S/C23H31O9P.C3H7O3P/c1-18(2)32-33(24,25)19-7-8-22-23(17-19)31-16-12-27-10-14-29-21-6-4-3-5-20(21)28-13-9-26-11-15-30-22;1-3(2)6-7(4)5/h3-8,17-18H,9-16H2,1-2H3,(H,24,25);3H,1-2H3/p+1. The molecule has 40 heavy (non-hydrogen) atoms. The molecule has 2 unspecified atom stereocenters. The molecule has 0 aromatic heterocycles. The molecule has 0 saturated carbocycles. The van der Waals surface area contributed by atoms with Gasteiger partial charge >= 0.3 is 15.9 Å². The Balaban J connectivity index is 0.000000708. The van der Waals surface area contributed by atoms with Gasteiger partial charge in [-0.15, -0.1) is 9.42 Å². The SMILES string of the molecule is CC(C)OP(=O)(O)c1ccc2c(c1)OCCOCCOc1ccccc1OCCOCCO2.CC(C)O[P+](=O)O. The lowest BCUT2D eigenvalue weighted by atomic mass is 10.3. The van der Waals surface area contributed by atoms with E-state index in [-0.39, 0.29) is 24.6 Å². The van der Waals surface area contributed by atoms with E-state index in [0.29, 0.717) is 62.6 Å². The molecule has 1 aliphatic rings. The number of ether oxygens (including phenoxy) is 6. The van der Waals surface area contributed by atoms with E-state index in [1.807, 2.05) is 24.3 Å². The fourth-order valence-corrected chi connectivity index (χ4v) is 4.76. The van der Waals surface area contributed by atoms with Crippen LogP contribution in [0.4, 0.5) is 0 Å². The third-order valence-corrected chi connectivity index (χ3v) is 6.94. The summed E-state index contributed by atoms with van der Waals surface area (Å²) in [5, 5.41) is 0.127. The molecule has 224 valence electrons. The monoisotopic (exact) mass is 605 g/mol. The van der Waals surface area contributed by atoms with Crippen molar-refractivity contribution in [2.75, 3.05) is 52.9 Å². The Morgan fingerprint density at radius 3 is 1.57 bits per heavy atom. The summed E-state index contributed by atoms with van der Waals surface area (Å²) in [5.41, 5.74) is 0. The maximum absolute atomic E-state index is 12.6. The van der Waals surface area contributed by atoms with Crippen LogP contribution in [0.15, 0.2) is 42.5 Å². The van der Waals surface area contributed by atoms with Gasteiger partial charge in [0.1, 0.15) is 32.5 Å². The number of fused-ring (bicyclic) bond motifs is 2. The Morgan fingerprint density at radius 1 is 0.725 bits per heavy atom. The third kappa shape index (κ3) is 13.4. The van der Waals surface area contributed by atoms with Gasteiger partial charge in [-0.2, -0.15) is 0 Å². The van der Waals surface area contributed by atoms with Gasteiger partial charge in [0.05, 0.1) is 37.8 Å². The average molecular weight is 606 g/mol. The van der Waals surface area contributed by atoms with Gasteiger partial charge in [-0.25, -0.2) is 0 Å². The van der Waals surface area contributed by atoms with Gasteiger partial charge in [0.2, 0.25) is 0 Å². The second-order valence-corrected chi connectivity index (χ2v) is 11.2. The fraction of sp³-hybridized carbons (Fsp3) is 0.538. The fourth-order valence-electron chi connectivity index (χ4n) is 3.17. The second-order valence-electron chi connectivity index (χ2n) is 8.76. The molecule has 3 rings (SSSR count). The highest BCUT2D eigenvalue weighted by atomic mass is 31.2. The van der Waals surface area contributed by atoms with E-state index in [4.69, 9.17) is 37.8 Å². The minimum Gasteiger partial charge on any atom is -0.487 e. The Bertz CT molecular complexity index is 1080. The molecule has 2 aromatic carbocycles. The molecule has 12 nitrogen and oxygen atoms in total. The van der Waals surface area contributed by atoms with E-state index in [0.717, 1.165) is 0 Å². The zero-order chi connectivity index (χ0) is 29.4. The molecule has 0 bridgehead atoms. The average Bonchev–Trinajstić information content (AvgIpc) is 2.87. The van der Waals surface area contributed by atoms with Crippen molar-refractivity contribution in [3.63, 3.8) is 0 Å². The molecular formula is C26H39O12P2+. The van der Waals surface area contributed by atoms with Crippen LogP contribution in [0, 0.1) is 0 Å². The number of benzene rings is 2. The minimum absolute atomic E-state index is 0.127. The summed E-state index contributed by atoms with van der Waals surface area (Å²) in [5.74, 6) is 2.04.